The topological polar surface area (TPSA) is 69.6 Å². The highest BCUT2D eigenvalue weighted by molar-refractivity contribution is 5.83. The van der Waals surface area contributed by atoms with Gasteiger partial charge in [0.1, 0.15) is 6.04 Å². The van der Waals surface area contributed by atoms with E-state index in [4.69, 9.17) is 0 Å². The quantitative estimate of drug-likeness (QED) is 0.833. The van der Waals surface area contributed by atoms with Gasteiger partial charge in [0, 0.05) is 13.1 Å². The second kappa shape index (κ2) is 4.64. The summed E-state index contributed by atoms with van der Waals surface area (Å²) >= 11 is 0. The molecule has 5 nitrogen and oxygen atoms in total. The van der Waals surface area contributed by atoms with Crippen molar-refractivity contribution >= 4 is 12.0 Å². The highest BCUT2D eigenvalue weighted by atomic mass is 16.4. The Morgan fingerprint density at radius 2 is 1.80 bits per heavy atom. The predicted molar refractivity (Wildman–Crippen MR) is 76.4 cm³/mol. The molecule has 0 bridgehead atoms. The van der Waals surface area contributed by atoms with Crippen molar-refractivity contribution in [2.24, 2.45) is 22.7 Å². The fourth-order valence-electron chi connectivity index (χ4n) is 3.69. The van der Waals surface area contributed by atoms with Crippen molar-refractivity contribution in [3.05, 3.63) is 0 Å². The van der Waals surface area contributed by atoms with Gasteiger partial charge in [-0.2, -0.15) is 0 Å². The summed E-state index contributed by atoms with van der Waals surface area (Å²) in [6.45, 7) is 11.9. The van der Waals surface area contributed by atoms with Crippen LogP contribution in [-0.2, 0) is 4.79 Å². The number of nitrogens with zero attached hydrogens (tertiary/aromatic N) is 1. The lowest BCUT2D eigenvalue weighted by Crippen LogP contribution is -2.48. The van der Waals surface area contributed by atoms with Crippen LogP contribution in [0, 0.1) is 22.7 Å². The summed E-state index contributed by atoms with van der Waals surface area (Å²) < 4.78 is 0. The van der Waals surface area contributed by atoms with Crippen LogP contribution < -0.4 is 5.32 Å². The van der Waals surface area contributed by atoms with Gasteiger partial charge in [-0.15, -0.1) is 0 Å². The lowest BCUT2D eigenvalue weighted by molar-refractivity contribution is -0.142. The summed E-state index contributed by atoms with van der Waals surface area (Å²) in [4.78, 5) is 24.9. The first-order chi connectivity index (χ1) is 9.10. The zero-order valence-electron chi connectivity index (χ0n) is 13.1. The molecule has 2 fully saturated rings. The number of amides is 2. The Hall–Kier alpha value is -1.26. The maximum absolute atomic E-state index is 12.2. The first kappa shape index (κ1) is 15.1. The number of rotatable bonds is 3. The summed E-state index contributed by atoms with van der Waals surface area (Å²) in [6, 6.07) is -0.921. The number of hydrogen-bond acceptors (Lipinski definition) is 2. The molecule has 2 unspecified atom stereocenters. The van der Waals surface area contributed by atoms with Crippen molar-refractivity contribution in [3.63, 3.8) is 0 Å². The second-order valence-electron chi connectivity index (χ2n) is 7.42. The van der Waals surface area contributed by atoms with Crippen molar-refractivity contribution in [2.45, 2.75) is 47.1 Å². The van der Waals surface area contributed by atoms with Gasteiger partial charge >= 0.3 is 12.0 Å². The summed E-state index contributed by atoms with van der Waals surface area (Å²) in [5.41, 5.74) is 0.454. The van der Waals surface area contributed by atoms with Crippen LogP contribution in [0.2, 0.25) is 0 Å². The van der Waals surface area contributed by atoms with E-state index in [9.17, 15) is 14.7 Å². The lowest BCUT2D eigenvalue weighted by Gasteiger charge is -2.23. The number of hydrogen-bond donors (Lipinski definition) is 2. The molecule has 2 N–H and O–H groups in total. The van der Waals surface area contributed by atoms with Crippen LogP contribution in [0.25, 0.3) is 0 Å². The minimum Gasteiger partial charge on any atom is -0.480 e. The number of aliphatic carboxylic acids is 1. The molecule has 0 aromatic heterocycles. The van der Waals surface area contributed by atoms with E-state index in [-0.39, 0.29) is 22.8 Å². The van der Waals surface area contributed by atoms with Crippen LogP contribution in [0.4, 0.5) is 4.79 Å². The van der Waals surface area contributed by atoms with E-state index in [0.717, 1.165) is 6.42 Å². The lowest BCUT2D eigenvalue weighted by atomic mass is 10.0. The van der Waals surface area contributed by atoms with Gasteiger partial charge in [0.05, 0.1) is 0 Å². The number of carbonyl (C=O) groups is 2. The monoisotopic (exact) mass is 282 g/mol. The van der Waals surface area contributed by atoms with Crippen molar-refractivity contribution in [3.8, 4) is 0 Å². The van der Waals surface area contributed by atoms with E-state index >= 15 is 0 Å². The molecule has 0 radical (unpaired) electrons. The Bertz CT molecular complexity index is 417. The van der Waals surface area contributed by atoms with Gasteiger partial charge in [0.15, 0.2) is 0 Å². The number of carbonyl (C=O) groups excluding carboxylic acids is 1. The van der Waals surface area contributed by atoms with E-state index in [0.29, 0.717) is 19.0 Å². The van der Waals surface area contributed by atoms with Gasteiger partial charge in [-0.3, -0.25) is 0 Å². The number of likely N-dealkylation sites (tertiary alicyclic amines) is 1. The fourth-order valence-corrected chi connectivity index (χ4v) is 3.69. The van der Waals surface area contributed by atoms with E-state index in [1.807, 2.05) is 6.92 Å². The molecule has 1 saturated heterocycles. The molecule has 2 amide bonds. The molecule has 2 aliphatic rings. The third-order valence-corrected chi connectivity index (χ3v) is 5.99. The Morgan fingerprint density at radius 3 is 2.25 bits per heavy atom. The average Bonchev–Trinajstić information content (AvgIpc) is 2.64. The number of carboxylic acids is 1. The zero-order valence-corrected chi connectivity index (χ0v) is 13.1. The summed E-state index contributed by atoms with van der Waals surface area (Å²) in [6.07, 6.45) is 0.755. The highest BCUT2D eigenvalue weighted by Gasteiger charge is 2.64. The first-order valence-electron chi connectivity index (χ1n) is 7.38. The van der Waals surface area contributed by atoms with E-state index in [2.05, 4.69) is 33.0 Å². The molecule has 2 rings (SSSR count). The fraction of sp³-hybridized carbons (Fsp3) is 0.867. The molecule has 1 aliphatic heterocycles. The van der Waals surface area contributed by atoms with Crippen molar-refractivity contribution in [1.29, 1.82) is 0 Å². The van der Waals surface area contributed by atoms with Crippen LogP contribution in [0.5, 0.6) is 0 Å². The SMILES string of the molecule is CC1CCN(C(=O)NCC2C(C)(C)C2(C)C)C1C(=O)O. The van der Waals surface area contributed by atoms with E-state index < -0.39 is 12.0 Å². The second-order valence-corrected chi connectivity index (χ2v) is 7.42. The van der Waals surface area contributed by atoms with Gasteiger partial charge in [-0.1, -0.05) is 34.6 Å². The maximum atomic E-state index is 12.2. The van der Waals surface area contributed by atoms with Gasteiger partial charge in [-0.05, 0) is 29.1 Å². The predicted octanol–water partition coefficient (Wildman–Crippen LogP) is 2.17. The molecule has 1 aliphatic carbocycles. The number of nitrogens with one attached hydrogen (secondary N) is 1. The normalized spacial score (nSPS) is 31.1. The Kier molecular flexibility index (Phi) is 3.51. The third kappa shape index (κ3) is 2.17. The van der Waals surface area contributed by atoms with Crippen molar-refractivity contribution < 1.29 is 14.7 Å². The van der Waals surface area contributed by atoms with Gasteiger partial charge in [0.25, 0.3) is 0 Å². The summed E-state index contributed by atoms with van der Waals surface area (Å²) in [5.74, 6) is -0.438. The molecule has 1 heterocycles. The average molecular weight is 282 g/mol. The van der Waals surface area contributed by atoms with Crippen LogP contribution in [-0.4, -0.2) is 41.1 Å². The zero-order chi connectivity index (χ0) is 15.3. The van der Waals surface area contributed by atoms with Crippen LogP contribution in [0.15, 0.2) is 0 Å². The number of carboxylic acid groups (broad SMARTS) is 1. The highest BCUT2D eigenvalue weighted by Crippen LogP contribution is 2.67. The van der Waals surface area contributed by atoms with Crippen molar-refractivity contribution in [2.75, 3.05) is 13.1 Å². The van der Waals surface area contributed by atoms with Gasteiger partial charge in [0.2, 0.25) is 0 Å². The smallest absolute Gasteiger partial charge is 0.326 e. The van der Waals surface area contributed by atoms with Crippen LogP contribution in [0.3, 0.4) is 0 Å². The molecular weight excluding hydrogens is 256 g/mol. The minimum absolute atomic E-state index is 0.0204. The Labute approximate surface area is 120 Å². The Morgan fingerprint density at radius 1 is 1.25 bits per heavy atom. The first-order valence-corrected chi connectivity index (χ1v) is 7.38. The van der Waals surface area contributed by atoms with E-state index in [1.165, 1.54) is 4.90 Å². The maximum Gasteiger partial charge on any atom is 0.326 e. The third-order valence-electron chi connectivity index (χ3n) is 5.99. The molecule has 2 atom stereocenters. The van der Waals surface area contributed by atoms with Gasteiger partial charge in [-0.25, -0.2) is 9.59 Å². The summed E-state index contributed by atoms with van der Waals surface area (Å²) in [7, 11) is 0. The Balaban J connectivity index is 1.92. The van der Waals surface area contributed by atoms with E-state index in [1.54, 1.807) is 0 Å². The van der Waals surface area contributed by atoms with Gasteiger partial charge < -0.3 is 15.3 Å². The molecule has 0 spiro atoms. The molecular formula is C15H26N2O3. The number of urea groups is 1. The molecule has 5 heteroatoms. The molecule has 114 valence electrons. The summed E-state index contributed by atoms with van der Waals surface area (Å²) in [5, 5.41) is 12.2. The largest absolute Gasteiger partial charge is 0.480 e. The van der Waals surface area contributed by atoms with Crippen LogP contribution in [0.1, 0.15) is 41.0 Å². The standard InChI is InChI=1S/C15H26N2O3/c1-9-6-7-17(11(9)12(18)19)13(20)16-8-10-14(2,3)15(10,4)5/h9-11H,6-8H2,1-5H3,(H,16,20)(H,18,19). The molecule has 20 heavy (non-hydrogen) atoms. The molecule has 0 aromatic carbocycles. The molecule has 0 aromatic rings. The molecule has 1 saturated carbocycles. The van der Waals surface area contributed by atoms with Crippen LogP contribution >= 0.6 is 0 Å². The van der Waals surface area contributed by atoms with Crippen molar-refractivity contribution in [1.82, 2.24) is 10.2 Å². The minimum atomic E-state index is -0.905.